The number of phenols is 2. The third-order valence-electron chi connectivity index (χ3n) is 5.80. The van der Waals surface area contributed by atoms with Gasteiger partial charge in [-0.2, -0.15) is 0 Å². The molecule has 0 radical (unpaired) electrons. The first-order valence-corrected chi connectivity index (χ1v) is 11.9. The van der Waals surface area contributed by atoms with Gasteiger partial charge in [0.15, 0.2) is 0 Å². The van der Waals surface area contributed by atoms with Gasteiger partial charge in [0.05, 0.1) is 18.7 Å². The number of hydrogen-bond donors (Lipinski definition) is 5. The Labute approximate surface area is 215 Å². The predicted molar refractivity (Wildman–Crippen MR) is 141 cm³/mol. The van der Waals surface area contributed by atoms with Gasteiger partial charge in [0.25, 0.3) is 0 Å². The number of amides is 2. The Hall–Kier alpha value is -3.75. The zero-order valence-electron chi connectivity index (χ0n) is 19.9. The van der Waals surface area contributed by atoms with Crippen LogP contribution in [0.3, 0.4) is 0 Å². The Morgan fingerprint density at radius 2 is 1.81 bits per heavy atom. The zero-order valence-corrected chi connectivity index (χ0v) is 20.7. The first-order chi connectivity index (χ1) is 17.3. The van der Waals surface area contributed by atoms with Gasteiger partial charge < -0.3 is 30.9 Å². The average Bonchev–Trinajstić information content (AvgIpc) is 2.85. The Morgan fingerprint density at radius 1 is 1.06 bits per heavy atom. The lowest BCUT2D eigenvalue weighted by Gasteiger charge is -2.31. The number of benzene rings is 3. The molecule has 0 saturated heterocycles. The third kappa shape index (κ3) is 7.37. The number of aliphatic hydroxyl groups is 1. The lowest BCUT2D eigenvalue weighted by molar-refractivity contribution is -0.120. The van der Waals surface area contributed by atoms with Crippen molar-refractivity contribution in [3.63, 3.8) is 0 Å². The highest BCUT2D eigenvalue weighted by Crippen LogP contribution is 2.30. The normalized spacial score (nSPS) is 11.5. The summed E-state index contributed by atoms with van der Waals surface area (Å²) < 4.78 is 0. The van der Waals surface area contributed by atoms with Crippen LogP contribution in [0.2, 0.25) is 5.02 Å². The van der Waals surface area contributed by atoms with Gasteiger partial charge in [-0.15, -0.1) is 0 Å². The molecular formula is C27H30ClN3O5. The molecule has 0 aromatic heterocycles. The smallest absolute Gasteiger partial charge is 0.224 e. The van der Waals surface area contributed by atoms with Crippen LogP contribution in [0, 0.1) is 0 Å². The SMILES string of the molecule is C[C@H](Cc1cccc(CC(=O)NCc2cc(Cl)ccc2O)c1)N(CCO)c1ccc(O)c(NC=O)c1. The molecule has 190 valence electrons. The van der Waals surface area contributed by atoms with Crippen molar-refractivity contribution in [3.05, 3.63) is 82.4 Å². The maximum Gasteiger partial charge on any atom is 0.224 e. The Morgan fingerprint density at radius 3 is 2.56 bits per heavy atom. The molecule has 9 heteroatoms. The van der Waals surface area contributed by atoms with Crippen LogP contribution in [-0.4, -0.2) is 46.8 Å². The van der Waals surface area contributed by atoms with Crippen LogP contribution < -0.4 is 15.5 Å². The van der Waals surface area contributed by atoms with E-state index < -0.39 is 0 Å². The topological polar surface area (TPSA) is 122 Å². The molecule has 3 aromatic rings. The second-order valence-electron chi connectivity index (χ2n) is 8.48. The maximum absolute atomic E-state index is 12.5. The number of phenolic OH excluding ortho intramolecular Hbond substituents is 2. The number of hydrogen-bond acceptors (Lipinski definition) is 6. The second-order valence-corrected chi connectivity index (χ2v) is 8.92. The average molecular weight is 512 g/mol. The largest absolute Gasteiger partial charge is 0.508 e. The summed E-state index contributed by atoms with van der Waals surface area (Å²) in [7, 11) is 0. The van der Waals surface area contributed by atoms with Crippen molar-refractivity contribution in [2.45, 2.75) is 32.4 Å². The molecule has 0 unspecified atom stereocenters. The molecule has 2 amide bonds. The molecule has 0 spiro atoms. The first kappa shape index (κ1) is 26.8. The molecule has 0 aliphatic carbocycles. The van der Waals surface area contributed by atoms with Crippen molar-refractivity contribution in [2.75, 3.05) is 23.4 Å². The molecule has 0 saturated carbocycles. The summed E-state index contributed by atoms with van der Waals surface area (Å²) in [6, 6.07) is 17.3. The monoisotopic (exact) mass is 511 g/mol. The molecule has 36 heavy (non-hydrogen) atoms. The van der Waals surface area contributed by atoms with Gasteiger partial charge in [-0.3, -0.25) is 9.59 Å². The Balaban J connectivity index is 1.66. The van der Waals surface area contributed by atoms with Gasteiger partial charge in [0, 0.05) is 35.4 Å². The van der Waals surface area contributed by atoms with Crippen LogP contribution in [0.5, 0.6) is 11.5 Å². The van der Waals surface area contributed by atoms with Crippen LogP contribution in [-0.2, 0) is 29.0 Å². The van der Waals surface area contributed by atoms with E-state index in [4.69, 9.17) is 11.6 Å². The fraction of sp³-hybridized carbons (Fsp3) is 0.259. The minimum Gasteiger partial charge on any atom is -0.508 e. The quantitative estimate of drug-likeness (QED) is 0.187. The standard InChI is InChI=1S/C27H30ClN3O5/c1-18(31(9-10-32)23-6-8-26(35)24(15-23)30-17-33)11-19-3-2-4-20(12-19)13-27(36)29-16-21-14-22(28)5-7-25(21)34/h2-8,12,14-15,17-18,32,34-35H,9-11,13,16H2,1H3,(H,29,36)(H,30,33)/t18-/m1/s1. The van der Waals surface area contributed by atoms with Crippen LogP contribution in [0.15, 0.2) is 60.7 Å². The van der Waals surface area contributed by atoms with Gasteiger partial charge in [0.2, 0.25) is 12.3 Å². The summed E-state index contributed by atoms with van der Waals surface area (Å²) in [6.07, 6.45) is 1.32. The van der Waals surface area contributed by atoms with E-state index >= 15 is 0 Å². The number of carbonyl (C=O) groups is 2. The highest BCUT2D eigenvalue weighted by molar-refractivity contribution is 6.30. The van der Waals surface area contributed by atoms with Crippen molar-refractivity contribution >= 4 is 35.3 Å². The lowest BCUT2D eigenvalue weighted by atomic mass is 10.0. The van der Waals surface area contributed by atoms with E-state index in [2.05, 4.69) is 10.6 Å². The third-order valence-corrected chi connectivity index (χ3v) is 6.04. The zero-order chi connectivity index (χ0) is 26.1. The molecule has 8 nitrogen and oxygen atoms in total. The van der Waals surface area contributed by atoms with Crippen molar-refractivity contribution in [1.82, 2.24) is 5.32 Å². The molecular weight excluding hydrogens is 482 g/mol. The molecule has 0 aliphatic rings. The maximum atomic E-state index is 12.5. The molecule has 0 heterocycles. The fourth-order valence-electron chi connectivity index (χ4n) is 4.05. The van der Waals surface area contributed by atoms with Crippen LogP contribution in [0.1, 0.15) is 23.6 Å². The highest BCUT2D eigenvalue weighted by atomic mass is 35.5. The summed E-state index contributed by atoms with van der Waals surface area (Å²) in [6.45, 7) is 2.49. The number of nitrogens with zero attached hydrogens (tertiary/aromatic N) is 1. The number of halogens is 1. The molecule has 1 atom stereocenters. The van der Waals surface area contributed by atoms with Gasteiger partial charge >= 0.3 is 0 Å². The van der Waals surface area contributed by atoms with Crippen molar-refractivity contribution in [2.24, 2.45) is 0 Å². The Kier molecular flexibility index (Phi) is 9.55. The Bertz CT molecular complexity index is 1200. The van der Waals surface area contributed by atoms with E-state index in [0.29, 0.717) is 30.0 Å². The van der Waals surface area contributed by atoms with Crippen LogP contribution in [0.25, 0.3) is 0 Å². The molecule has 3 rings (SSSR count). The fourth-order valence-corrected chi connectivity index (χ4v) is 4.24. The molecule has 5 N–H and O–H groups in total. The van der Waals surface area contributed by atoms with Gasteiger partial charge in [-0.25, -0.2) is 0 Å². The number of aromatic hydroxyl groups is 2. The van der Waals surface area contributed by atoms with Crippen molar-refractivity contribution in [3.8, 4) is 11.5 Å². The van der Waals surface area contributed by atoms with E-state index in [1.165, 1.54) is 12.1 Å². The summed E-state index contributed by atoms with van der Waals surface area (Å²) in [4.78, 5) is 25.3. The van der Waals surface area contributed by atoms with Crippen molar-refractivity contribution in [1.29, 1.82) is 0 Å². The number of carbonyl (C=O) groups excluding carboxylic acids is 2. The first-order valence-electron chi connectivity index (χ1n) is 11.5. The van der Waals surface area contributed by atoms with Gasteiger partial charge in [0.1, 0.15) is 11.5 Å². The van der Waals surface area contributed by atoms with E-state index in [9.17, 15) is 24.9 Å². The van der Waals surface area contributed by atoms with E-state index in [0.717, 1.165) is 16.8 Å². The minimum atomic E-state index is -0.180. The highest BCUT2D eigenvalue weighted by Gasteiger charge is 2.17. The van der Waals surface area contributed by atoms with Crippen LogP contribution >= 0.6 is 11.6 Å². The minimum absolute atomic E-state index is 0.0272. The summed E-state index contributed by atoms with van der Waals surface area (Å²) in [5.41, 5.74) is 3.45. The number of nitrogens with one attached hydrogen (secondary N) is 2. The lowest BCUT2D eigenvalue weighted by Crippen LogP contribution is -2.37. The molecule has 0 bridgehead atoms. The number of anilines is 2. The van der Waals surface area contributed by atoms with E-state index in [1.54, 1.807) is 24.3 Å². The number of aliphatic hydroxyl groups excluding tert-OH is 1. The number of rotatable bonds is 12. The molecule has 3 aromatic carbocycles. The van der Waals surface area contributed by atoms with E-state index in [1.807, 2.05) is 36.1 Å². The van der Waals surface area contributed by atoms with Gasteiger partial charge in [-0.05, 0) is 60.9 Å². The van der Waals surface area contributed by atoms with Crippen molar-refractivity contribution < 1.29 is 24.9 Å². The molecule has 0 fully saturated rings. The van der Waals surface area contributed by atoms with Crippen LogP contribution in [0.4, 0.5) is 11.4 Å². The molecule has 0 aliphatic heterocycles. The summed E-state index contributed by atoms with van der Waals surface area (Å²) in [5, 5.41) is 35.2. The van der Waals surface area contributed by atoms with E-state index in [-0.39, 0.29) is 48.7 Å². The second kappa shape index (κ2) is 12.8. The summed E-state index contributed by atoms with van der Waals surface area (Å²) in [5.74, 6) is -0.148. The summed E-state index contributed by atoms with van der Waals surface area (Å²) >= 11 is 5.96. The van der Waals surface area contributed by atoms with Gasteiger partial charge in [-0.1, -0.05) is 35.9 Å². The predicted octanol–water partition coefficient (Wildman–Crippen LogP) is 3.61.